The number of fused-ring (bicyclic) bond motifs is 1. The van der Waals surface area contributed by atoms with Gasteiger partial charge in [0.25, 0.3) is 0 Å². The average Bonchev–Trinajstić information content (AvgIpc) is 2.61. The Hall–Kier alpha value is -1.56. The fourth-order valence-electron chi connectivity index (χ4n) is 3.50. The number of aromatic nitrogens is 2. The third-order valence-corrected chi connectivity index (χ3v) is 6.03. The quantitative estimate of drug-likeness (QED) is 0.373. The van der Waals surface area contributed by atoms with E-state index in [1.54, 1.807) is 18.3 Å². The molecule has 0 aliphatic heterocycles. The third kappa shape index (κ3) is 3.16. The first-order chi connectivity index (χ1) is 11.7. The highest BCUT2D eigenvalue weighted by molar-refractivity contribution is 14.1. The van der Waals surface area contributed by atoms with Crippen LogP contribution in [0.3, 0.4) is 0 Å². The summed E-state index contributed by atoms with van der Waals surface area (Å²) in [7, 11) is 0. The van der Waals surface area contributed by atoms with Gasteiger partial charge in [-0.25, -0.2) is 4.39 Å². The summed E-state index contributed by atoms with van der Waals surface area (Å²) in [5.41, 5.74) is 3.55. The fourth-order valence-corrected chi connectivity index (χ4v) is 4.22. The molecule has 122 valence electrons. The van der Waals surface area contributed by atoms with Gasteiger partial charge in [-0.3, -0.25) is 9.97 Å². The summed E-state index contributed by atoms with van der Waals surface area (Å²) in [6, 6.07) is 12.8. The van der Waals surface area contributed by atoms with E-state index >= 15 is 0 Å². The van der Waals surface area contributed by atoms with Crippen molar-refractivity contribution in [2.45, 2.75) is 35.5 Å². The van der Waals surface area contributed by atoms with Crippen molar-refractivity contribution in [3.05, 3.63) is 60.2 Å². The van der Waals surface area contributed by atoms with Crippen molar-refractivity contribution in [1.82, 2.24) is 9.97 Å². The van der Waals surface area contributed by atoms with Gasteiger partial charge in [-0.2, -0.15) is 0 Å². The van der Waals surface area contributed by atoms with Crippen molar-refractivity contribution in [3.8, 4) is 11.3 Å². The largest absolute Gasteiger partial charge is 0.254 e. The minimum Gasteiger partial charge on any atom is -0.254 e. The number of alkyl halides is 1. The van der Waals surface area contributed by atoms with E-state index in [2.05, 4.69) is 39.7 Å². The summed E-state index contributed by atoms with van der Waals surface area (Å²) in [5.74, 6) is 0.252. The molecule has 1 aliphatic carbocycles. The SMILES string of the molecule is Fc1cccc(-c2nc(C3CCC(I)CC3)cc3cccnc23)c1. The molecule has 0 saturated heterocycles. The van der Waals surface area contributed by atoms with E-state index in [0.717, 1.165) is 31.8 Å². The van der Waals surface area contributed by atoms with Crippen molar-refractivity contribution in [3.63, 3.8) is 0 Å². The molecular formula is C20H18FIN2. The second-order valence-corrected chi connectivity index (χ2v) is 8.19. The average molecular weight is 432 g/mol. The Bertz CT molecular complexity index is 872. The Kier molecular flexibility index (Phi) is 4.48. The van der Waals surface area contributed by atoms with Gasteiger partial charge in [0, 0.05) is 32.7 Å². The van der Waals surface area contributed by atoms with E-state index in [9.17, 15) is 4.39 Å². The predicted octanol–water partition coefficient (Wildman–Crippen LogP) is 5.90. The summed E-state index contributed by atoms with van der Waals surface area (Å²) in [6.45, 7) is 0. The van der Waals surface area contributed by atoms with Gasteiger partial charge in [-0.1, -0.05) is 40.8 Å². The standard InChI is InChI=1S/C20H18FIN2/c21-16-5-1-3-14(11-16)20-19-15(4-2-10-23-19)12-18(24-20)13-6-8-17(22)9-7-13/h1-5,10-13,17H,6-9H2. The van der Waals surface area contributed by atoms with E-state index in [4.69, 9.17) is 4.98 Å². The molecule has 0 amide bonds. The van der Waals surface area contributed by atoms with E-state index in [-0.39, 0.29) is 5.82 Å². The minimum absolute atomic E-state index is 0.241. The highest BCUT2D eigenvalue weighted by Crippen LogP contribution is 2.37. The molecule has 2 nitrogen and oxygen atoms in total. The van der Waals surface area contributed by atoms with Crippen molar-refractivity contribution in [1.29, 1.82) is 0 Å². The summed E-state index contributed by atoms with van der Waals surface area (Å²) in [5, 5.41) is 1.08. The van der Waals surface area contributed by atoms with Crippen LogP contribution in [0.15, 0.2) is 48.7 Å². The zero-order chi connectivity index (χ0) is 16.5. The van der Waals surface area contributed by atoms with Crippen LogP contribution in [0.1, 0.15) is 37.3 Å². The number of rotatable bonds is 2. The predicted molar refractivity (Wildman–Crippen MR) is 104 cm³/mol. The van der Waals surface area contributed by atoms with E-state index < -0.39 is 0 Å². The van der Waals surface area contributed by atoms with E-state index in [0.29, 0.717) is 5.92 Å². The normalized spacial score (nSPS) is 21.1. The molecule has 0 spiro atoms. The molecule has 1 aliphatic rings. The summed E-state index contributed by atoms with van der Waals surface area (Å²) in [4.78, 5) is 9.43. The van der Waals surface area contributed by atoms with Gasteiger partial charge in [0.15, 0.2) is 0 Å². The van der Waals surface area contributed by atoms with Crippen molar-refractivity contribution in [2.24, 2.45) is 0 Å². The lowest BCUT2D eigenvalue weighted by Gasteiger charge is -2.25. The molecule has 1 fully saturated rings. The van der Waals surface area contributed by atoms with Crippen LogP contribution < -0.4 is 0 Å². The first-order valence-corrected chi connectivity index (χ1v) is 9.61. The Morgan fingerprint density at radius 1 is 1.00 bits per heavy atom. The maximum Gasteiger partial charge on any atom is 0.123 e. The van der Waals surface area contributed by atoms with Crippen LogP contribution in [0.5, 0.6) is 0 Å². The first kappa shape index (κ1) is 15.9. The van der Waals surface area contributed by atoms with Gasteiger partial charge in [-0.15, -0.1) is 0 Å². The third-order valence-electron chi connectivity index (χ3n) is 4.78. The number of nitrogens with zero attached hydrogens (tertiary/aromatic N) is 2. The lowest BCUT2D eigenvalue weighted by Crippen LogP contribution is -2.14. The lowest BCUT2D eigenvalue weighted by atomic mass is 9.86. The first-order valence-electron chi connectivity index (χ1n) is 8.36. The van der Waals surface area contributed by atoms with Gasteiger partial charge in [-0.05, 0) is 49.9 Å². The van der Waals surface area contributed by atoms with E-state index in [1.165, 1.54) is 31.7 Å². The molecular weight excluding hydrogens is 414 g/mol. The Morgan fingerprint density at radius 2 is 1.83 bits per heavy atom. The van der Waals surface area contributed by atoms with Gasteiger partial charge < -0.3 is 0 Å². The van der Waals surface area contributed by atoms with Crippen LogP contribution in [-0.4, -0.2) is 13.9 Å². The molecule has 1 saturated carbocycles. The van der Waals surface area contributed by atoms with Crippen LogP contribution in [0.25, 0.3) is 22.2 Å². The zero-order valence-corrected chi connectivity index (χ0v) is 15.4. The maximum absolute atomic E-state index is 13.7. The number of hydrogen-bond acceptors (Lipinski definition) is 2. The zero-order valence-electron chi connectivity index (χ0n) is 13.3. The highest BCUT2D eigenvalue weighted by atomic mass is 127. The molecule has 2 heterocycles. The molecule has 4 rings (SSSR count). The van der Waals surface area contributed by atoms with Gasteiger partial charge in [0.05, 0.1) is 11.2 Å². The summed E-state index contributed by atoms with van der Waals surface area (Å²) < 4.78 is 14.5. The second-order valence-electron chi connectivity index (χ2n) is 6.43. The molecule has 24 heavy (non-hydrogen) atoms. The number of hydrogen-bond donors (Lipinski definition) is 0. The fraction of sp³-hybridized carbons (Fsp3) is 0.300. The Morgan fingerprint density at radius 3 is 2.62 bits per heavy atom. The smallest absolute Gasteiger partial charge is 0.123 e. The second kappa shape index (κ2) is 6.75. The molecule has 0 unspecified atom stereocenters. The molecule has 3 aromatic rings. The molecule has 0 radical (unpaired) electrons. The lowest BCUT2D eigenvalue weighted by molar-refractivity contribution is 0.455. The van der Waals surface area contributed by atoms with Crippen molar-refractivity contribution < 1.29 is 4.39 Å². The maximum atomic E-state index is 13.7. The molecule has 0 N–H and O–H groups in total. The van der Waals surface area contributed by atoms with E-state index in [1.807, 2.05) is 12.1 Å². The van der Waals surface area contributed by atoms with Gasteiger partial charge >= 0.3 is 0 Å². The summed E-state index contributed by atoms with van der Waals surface area (Å²) in [6.07, 6.45) is 6.61. The topological polar surface area (TPSA) is 25.8 Å². The van der Waals surface area contributed by atoms with Crippen LogP contribution in [0.2, 0.25) is 0 Å². The molecule has 0 bridgehead atoms. The number of halogens is 2. The minimum atomic E-state index is -0.241. The van der Waals surface area contributed by atoms with Crippen LogP contribution >= 0.6 is 22.6 Å². The Balaban J connectivity index is 1.85. The van der Waals surface area contributed by atoms with Gasteiger partial charge in [0.2, 0.25) is 0 Å². The molecule has 4 heteroatoms. The molecule has 2 aromatic heterocycles. The van der Waals surface area contributed by atoms with Crippen LogP contribution in [-0.2, 0) is 0 Å². The number of pyridine rings is 2. The van der Waals surface area contributed by atoms with Crippen molar-refractivity contribution >= 4 is 33.5 Å². The van der Waals surface area contributed by atoms with Crippen LogP contribution in [0, 0.1) is 5.82 Å². The van der Waals surface area contributed by atoms with Crippen LogP contribution in [0.4, 0.5) is 4.39 Å². The van der Waals surface area contributed by atoms with Gasteiger partial charge in [0.1, 0.15) is 5.82 Å². The molecule has 1 aromatic carbocycles. The monoisotopic (exact) mass is 432 g/mol. The Labute approximate surface area is 154 Å². The number of benzene rings is 1. The molecule has 0 atom stereocenters. The summed E-state index contributed by atoms with van der Waals surface area (Å²) >= 11 is 2.55. The highest BCUT2D eigenvalue weighted by Gasteiger charge is 2.23. The van der Waals surface area contributed by atoms with Crippen molar-refractivity contribution in [2.75, 3.05) is 0 Å².